The van der Waals surface area contributed by atoms with Crippen molar-refractivity contribution < 1.29 is 9.53 Å². The van der Waals surface area contributed by atoms with E-state index in [-0.39, 0.29) is 11.9 Å². The largest absolute Gasteiger partial charge is 0.383 e. The van der Waals surface area contributed by atoms with E-state index in [9.17, 15) is 4.79 Å². The number of nitrogens with one attached hydrogen (secondary N) is 2. The van der Waals surface area contributed by atoms with Crippen LogP contribution in [0.5, 0.6) is 0 Å². The van der Waals surface area contributed by atoms with Crippen molar-refractivity contribution in [1.82, 2.24) is 10.6 Å². The van der Waals surface area contributed by atoms with Gasteiger partial charge in [0.05, 0.1) is 13.2 Å². The minimum Gasteiger partial charge on any atom is -0.383 e. The lowest BCUT2D eigenvalue weighted by Gasteiger charge is -2.16. The molecule has 0 fully saturated rings. The van der Waals surface area contributed by atoms with Gasteiger partial charge in [0.25, 0.3) is 0 Å². The van der Waals surface area contributed by atoms with Gasteiger partial charge in [-0.05, 0) is 6.42 Å². The maximum atomic E-state index is 11.0. The Kier molecular flexibility index (Phi) is 8.57. The Morgan fingerprint density at radius 1 is 1.50 bits per heavy atom. The molecule has 0 spiro atoms. The SMILES string of the molecule is CCCCC(COC)NCC(=O)NC. The molecule has 4 heteroatoms. The van der Waals surface area contributed by atoms with Crippen LogP contribution in [0.4, 0.5) is 0 Å². The zero-order valence-corrected chi connectivity index (χ0v) is 9.43. The van der Waals surface area contributed by atoms with Crippen molar-refractivity contribution in [2.45, 2.75) is 32.2 Å². The van der Waals surface area contributed by atoms with Gasteiger partial charge < -0.3 is 15.4 Å². The predicted octanol–water partition coefficient (Wildman–Crippen LogP) is 0.527. The van der Waals surface area contributed by atoms with Crippen LogP contribution in [0.25, 0.3) is 0 Å². The molecule has 0 aromatic heterocycles. The van der Waals surface area contributed by atoms with Crippen LogP contribution >= 0.6 is 0 Å². The summed E-state index contributed by atoms with van der Waals surface area (Å²) in [6, 6.07) is 0.289. The number of unbranched alkanes of at least 4 members (excludes halogenated alkanes) is 1. The summed E-state index contributed by atoms with van der Waals surface area (Å²) >= 11 is 0. The molecule has 0 rings (SSSR count). The van der Waals surface area contributed by atoms with E-state index in [2.05, 4.69) is 17.6 Å². The molecule has 4 nitrogen and oxygen atoms in total. The third kappa shape index (κ3) is 6.86. The lowest BCUT2D eigenvalue weighted by molar-refractivity contribution is -0.119. The molecule has 2 N–H and O–H groups in total. The summed E-state index contributed by atoms with van der Waals surface area (Å²) in [7, 11) is 3.32. The molecule has 1 unspecified atom stereocenters. The van der Waals surface area contributed by atoms with E-state index in [0.717, 1.165) is 12.8 Å². The van der Waals surface area contributed by atoms with Crippen molar-refractivity contribution in [2.24, 2.45) is 0 Å². The van der Waals surface area contributed by atoms with Crippen molar-refractivity contribution in [3.05, 3.63) is 0 Å². The summed E-state index contributed by atoms with van der Waals surface area (Å²) in [4.78, 5) is 11.0. The normalized spacial score (nSPS) is 12.5. The topological polar surface area (TPSA) is 50.4 Å². The fourth-order valence-electron chi connectivity index (χ4n) is 1.22. The Hall–Kier alpha value is -0.610. The molecule has 0 aliphatic heterocycles. The number of rotatable bonds is 8. The van der Waals surface area contributed by atoms with E-state index >= 15 is 0 Å². The Bertz CT molecular complexity index is 151. The zero-order chi connectivity index (χ0) is 10.8. The smallest absolute Gasteiger partial charge is 0.233 e. The van der Waals surface area contributed by atoms with Crippen molar-refractivity contribution in [3.8, 4) is 0 Å². The molecule has 1 atom stereocenters. The lowest BCUT2D eigenvalue weighted by atomic mass is 10.1. The molecule has 0 saturated carbocycles. The molecule has 0 heterocycles. The van der Waals surface area contributed by atoms with E-state index in [4.69, 9.17) is 4.74 Å². The third-order valence-corrected chi connectivity index (χ3v) is 2.10. The van der Waals surface area contributed by atoms with Crippen LogP contribution in [0.3, 0.4) is 0 Å². The number of likely N-dealkylation sites (N-methyl/N-ethyl adjacent to an activating group) is 1. The summed E-state index contributed by atoms with van der Waals surface area (Å²) in [5.74, 6) is 0.0163. The standard InChI is InChI=1S/C10H22N2O2/c1-4-5-6-9(8-14-3)12-7-10(13)11-2/h9,12H,4-8H2,1-3H3,(H,11,13). The molecule has 0 aliphatic carbocycles. The first kappa shape index (κ1) is 13.4. The van der Waals surface area contributed by atoms with Gasteiger partial charge in [-0.15, -0.1) is 0 Å². The molecule has 0 aromatic rings. The van der Waals surface area contributed by atoms with Crippen molar-refractivity contribution in [3.63, 3.8) is 0 Å². The molecule has 1 amide bonds. The zero-order valence-electron chi connectivity index (χ0n) is 9.43. The van der Waals surface area contributed by atoms with Crippen molar-refractivity contribution >= 4 is 5.91 Å². The Balaban J connectivity index is 3.66. The molecule has 0 saturated heterocycles. The summed E-state index contributed by atoms with van der Waals surface area (Å²) < 4.78 is 5.07. The Labute approximate surface area is 86.4 Å². The highest BCUT2D eigenvalue weighted by atomic mass is 16.5. The summed E-state index contributed by atoms with van der Waals surface area (Å²) in [5.41, 5.74) is 0. The molecule has 0 radical (unpaired) electrons. The monoisotopic (exact) mass is 202 g/mol. The van der Waals surface area contributed by atoms with Crippen LogP contribution in [-0.4, -0.2) is 39.3 Å². The average molecular weight is 202 g/mol. The first-order valence-electron chi connectivity index (χ1n) is 5.17. The summed E-state index contributed by atoms with van der Waals surface area (Å²) in [5, 5.41) is 5.75. The van der Waals surface area contributed by atoms with Crippen molar-refractivity contribution in [2.75, 3.05) is 27.3 Å². The van der Waals surface area contributed by atoms with Gasteiger partial charge in [-0.1, -0.05) is 19.8 Å². The van der Waals surface area contributed by atoms with E-state index in [1.54, 1.807) is 14.2 Å². The quantitative estimate of drug-likeness (QED) is 0.603. The molecule has 84 valence electrons. The second-order valence-corrected chi connectivity index (χ2v) is 3.35. The molecule has 0 aliphatic rings. The van der Waals surface area contributed by atoms with Crippen molar-refractivity contribution in [1.29, 1.82) is 0 Å². The van der Waals surface area contributed by atoms with Gasteiger partial charge >= 0.3 is 0 Å². The first-order chi connectivity index (χ1) is 6.74. The van der Waals surface area contributed by atoms with Crippen LogP contribution in [0, 0.1) is 0 Å². The number of carbonyl (C=O) groups excluding carboxylic acids is 1. The minimum absolute atomic E-state index is 0.0163. The maximum Gasteiger partial charge on any atom is 0.233 e. The number of hydrogen-bond acceptors (Lipinski definition) is 3. The molecule has 0 bridgehead atoms. The van der Waals surface area contributed by atoms with Crippen LogP contribution < -0.4 is 10.6 Å². The average Bonchev–Trinajstić information content (AvgIpc) is 2.21. The minimum atomic E-state index is 0.0163. The van der Waals surface area contributed by atoms with E-state index < -0.39 is 0 Å². The van der Waals surface area contributed by atoms with Gasteiger partial charge in [0.1, 0.15) is 0 Å². The fourth-order valence-corrected chi connectivity index (χ4v) is 1.22. The molecular weight excluding hydrogens is 180 g/mol. The summed E-state index contributed by atoms with van der Waals surface area (Å²) in [6.45, 7) is 3.19. The number of carbonyl (C=O) groups is 1. The first-order valence-corrected chi connectivity index (χ1v) is 5.17. The van der Waals surface area contributed by atoms with Gasteiger partial charge in [-0.3, -0.25) is 4.79 Å². The second-order valence-electron chi connectivity index (χ2n) is 3.35. The number of methoxy groups -OCH3 is 1. The van der Waals surface area contributed by atoms with E-state index in [1.807, 2.05) is 0 Å². The third-order valence-electron chi connectivity index (χ3n) is 2.10. The Morgan fingerprint density at radius 2 is 2.21 bits per heavy atom. The molecule has 0 aromatic carbocycles. The van der Waals surface area contributed by atoms with Gasteiger partial charge in [-0.2, -0.15) is 0 Å². The highest BCUT2D eigenvalue weighted by molar-refractivity contribution is 5.77. The maximum absolute atomic E-state index is 11.0. The van der Waals surface area contributed by atoms with Gasteiger partial charge in [0.15, 0.2) is 0 Å². The van der Waals surface area contributed by atoms with Gasteiger partial charge in [-0.25, -0.2) is 0 Å². The van der Waals surface area contributed by atoms with Crippen LogP contribution in [0.2, 0.25) is 0 Å². The molecular formula is C10H22N2O2. The van der Waals surface area contributed by atoms with Crippen LogP contribution in [-0.2, 0) is 9.53 Å². The number of ether oxygens (including phenoxy) is 1. The number of hydrogen-bond donors (Lipinski definition) is 2. The van der Waals surface area contributed by atoms with Crippen LogP contribution in [0.15, 0.2) is 0 Å². The van der Waals surface area contributed by atoms with E-state index in [1.165, 1.54) is 6.42 Å². The fraction of sp³-hybridized carbons (Fsp3) is 0.900. The van der Waals surface area contributed by atoms with Gasteiger partial charge in [0.2, 0.25) is 5.91 Å². The second kappa shape index (κ2) is 8.97. The highest BCUT2D eigenvalue weighted by Crippen LogP contribution is 2.00. The number of amides is 1. The highest BCUT2D eigenvalue weighted by Gasteiger charge is 2.08. The lowest BCUT2D eigenvalue weighted by Crippen LogP contribution is -2.40. The summed E-state index contributed by atoms with van der Waals surface area (Å²) in [6.07, 6.45) is 3.39. The molecule has 14 heavy (non-hydrogen) atoms. The van der Waals surface area contributed by atoms with E-state index in [0.29, 0.717) is 13.2 Å². The Morgan fingerprint density at radius 3 is 2.71 bits per heavy atom. The van der Waals surface area contributed by atoms with Gasteiger partial charge in [0, 0.05) is 20.2 Å². The predicted molar refractivity (Wildman–Crippen MR) is 57.3 cm³/mol. The van der Waals surface area contributed by atoms with Crippen LogP contribution in [0.1, 0.15) is 26.2 Å².